The Morgan fingerprint density at radius 1 is 1.07 bits per heavy atom. The Morgan fingerprint density at radius 3 is 2.32 bits per heavy atom. The van der Waals surface area contributed by atoms with Crippen LogP contribution in [0, 0.1) is 0 Å². The number of hydrogen-bond donors (Lipinski definition) is 1. The largest absolute Gasteiger partial charge is 0.494 e. The minimum atomic E-state index is -3.83. The van der Waals surface area contributed by atoms with Crippen molar-refractivity contribution in [2.24, 2.45) is 0 Å². The van der Waals surface area contributed by atoms with Crippen LogP contribution in [0.4, 0.5) is 5.69 Å². The summed E-state index contributed by atoms with van der Waals surface area (Å²) < 4.78 is 32.1. The number of benzene rings is 2. The molecule has 0 aliphatic carbocycles. The molecule has 0 heterocycles. The lowest BCUT2D eigenvalue weighted by atomic mass is 10.1. The molecule has 0 fully saturated rings. The van der Waals surface area contributed by atoms with Gasteiger partial charge in [0, 0.05) is 17.8 Å². The maximum atomic E-state index is 12.8. The molecule has 28 heavy (non-hydrogen) atoms. The van der Waals surface area contributed by atoms with Gasteiger partial charge < -0.3 is 10.1 Å². The van der Waals surface area contributed by atoms with Crippen molar-refractivity contribution in [1.82, 2.24) is 4.31 Å². The summed E-state index contributed by atoms with van der Waals surface area (Å²) >= 11 is 0. The topological polar surface area (TPSA) is 92.8 Å². The van der Waals surface area contributed by atoms with Crippen LogP contribution in [0.5, 0.6) is 5.75 Å². The fourth-order valence-electron chi connectivity index (χ4n) is 2.57. The number of carbonyl (C=O) groups is 2. The molecule has 0 saturated carbocycles. The SMILES string of the molecule is CCOc1ccc(S(=O)(=O)N(CC)CC(=O)Nc2cccc(C(C)=O)c2)cc1. The number of nitrogens with zero attached hydrogens (tertiary/aromatic N) is 1. The molecule has 0 saturated heterocycles. The lowest BCUT2D eigenvalue weighted by molar-refractivity contribution is -0.116. The maximum absolute atomic E-state index is 12.8. The first-order valence-electron chi connectivity index (χ1n) is 8.91. The third kappa shape index (κ3) is 5.40. The van der Waals surface area contributed by atoms with E-state index in [-0.39, 0.29) is 23.8 Å². The average molecular weight is 404 g/mol. The van der Waals surface area contributed by atoms with Crippen LogP contribution in [0.25, 0.3) is 0 Å². The van der Waals surface area contributed by atoms with Gasteiger partial charge in [0.1, 0.15) is 5.75 Å². The zero-order valence-electron chi connectivity index (χ0n) is 16.1. The molecule has 0 unspecified atom stereocenters. The highest BCUT2D eigenvalue weighted by Gasteiger charge is 2.25. The van der Waals surface area contributed by atoms with Gasteiger partial charge in [0.25, 0.3) is 0 Å². The van der Waals surface area contributed by atoms with Crippen LogP contribution in [-0.4, -0.2) is 44.1 Å². The molecule has 8 heteroatoms. The van der Waals surface area contributed by atoms with E-state index in [0.717, 1.165) is 4.31 Å². The van der Waals surface area contributed by atoms with Crippen LogP contribution < -0.4 is 10.1 Å². The normalized spacial score (nSPS) is 11.3. The van der Waals surface area contributed by atoms with Crippen molar-refractivity contribution in [1.29, 1.82) is 0 Å². The molecule has 2 aromatic carbocycles. The summed E-state index contributed by atoms with van der Waals surface area (Å²) in [4.78, 5) is 23.9. The Bertz CT molecular complexity index is 939. The molecule has 2 aromatic rings. The van der Waals surface area contributed by atoms with Gasteiger partial charge in [0.05, 0.1) is 18.0 Å². The maximum Gasteiger partial charge on any atom is 0.243 e. The molecule has 0 radical (unpaired) electrons. The molecule has 1 amide bonds. The number of ketones is 1. The van der Waals surface area contributed by atoms with Crippen LogP contribution in [0.1, 0.15) is 31.1 Å². The molecule has 1 N–H and O–H groups in total. The van der Waals surface area contributed by atoms with Crippen LogP contribution >= 0.6 is 0 Å². The van der Waals surface area contributed by atoms with Gasteiger partial charge in [-0.05, 0) is 50.2 Å². The number of anilines is 1. The van der Waals surface area contributed by atoms with E-state index >= 15 is 0 Å². The van der Waals surface area contributed by atoms with Gasteiger partial charge in [0.15, 0.2) is 5.78 Å². The Balaban J connectivity index is 2.12. The van der Waals surface area contributed by atoms with Crippen LogP contribution in [0.3, 0.4) is 0 Å². The third-order valence-electron chi connectivity index (χ3n) is 4.00. The lowest BCUT2D eigenvalue weighted by Crippen LogP contribution is -2.37. The molecule has 0 atom stereocenters. The standard InChI is InChI=1S/C20H24N2O5S/c1-4-22(28(25,26)19-11-9-18(10-12-19)27-5-2)14-20(24)21-17-8-6-7-16(13-17)15(3)23/h6-13H,4-5,14H2,1-3H3,(H,21,24). The number of ether oxygens (including phenoxy) is 1. The van der Waals surface area contributed by atoms with E-state index in [9.17, 15) is 18.0 Å². The number of likely N-dealkylation sites (N-methyl/N-ethyl adjacent to an activating group) is 1. The molecule has 0 aromatic heterocycles. The molecule has 0 aliphatic rings. The highest BCUT2D eigenvalue weighted by atomic mass is 32.2. The van der Waals surface area contributed by atoms with Crippen molar-refractivity contribution in [3.63, 3.8) is 0 Å². The van der Waals surface area contributed by atoms with Gasteiger partial charge in [-0.1, -0.05) is 19.1 Å². The summed E-state index contributed by atoms with van der Waals surface area (Å²) in [5.41, 5.74) is 0.902. The molecule has 2 rings (SSSR count). The highest BCUT2D eigenvalue weighted by Crippen LogP contribution is 2.20. The number of carbonyl (C=O) groups excluding carboxylic acids is 2. The Labute approximate surface area is 165 Å². The van der Waals surface area contributed by atoms with Crippen molar-refractivity contribution in [3.8, 4) is 5.75 Å². The summed E-state index contributed by atoms with van der Waals surface area (Å²) in [6.07, 6.45) is 0. The fourth-order valence-corrected chi connectivity index (χ4v) is 3.97. The highest BCUT2D eigenvalue weighted by molar-refractivity contribution is 7.89. The quantitative estimate of drug-likeness (QED) is 0.649. The summed E-state index contributed by atoms with van der Waals surface area (Å²) in [6, 6.07) is 12.6. The molecule has 0 aliphatic heterocycles. The molecule has 150 valence electrons. The zero-order chi connectivity index (χ0) is 20.7. The second-order valence-electron chi connectivity index (χ2n) is 6.02. The Kier molecular flexibility index (Phi) is 7.31. The van der Waals surface area contributed by atoms with E-state index in [0.29, 0.717) is 23.6 Å². The van der Waals surface area contributed by atoms with Crippen molar-refractivity contribution in [2.75, 3.05) is 25.0 Å². The summed E-state index contributed by atoms with van der Waals surface area (Å²) in [7, 11) is -3.83. The second-order valence-corrected chi connectivity index (χ2v) is 7.96. The van der Waals surface area contributed by atoms with E-state index in [1.807, 2.05) is 6.92 Å². The predicted molar refractivity (Wildman–Crippen MR) is 107 cm³/mol. The van der Waals surface area contributed by atoms with E-state index in [2.05, 4.69) is 5.32 Å². The first kappa shape index (κ1) is 21.6. The minimum absolute atomic E-state index is 0.0872. The van der Waals surface area contributed by atoms with Gasteiger partial charge in [0.2, 0.25) is 15.9 Å². The van der Waals surface area contributed by atoms with Crippen molar-refractivity contribution in [2.45, 2.75) is 25.7 Å². The lowest BCUT2D eigenvalue weighted by Gasteiger charge is -2.20. The Morgan fingerprint density at radius 2 is 1.75 bits per heavy atom. The molecular weight excluding hydrogens is 380 g/mol. The zero-order valence-corrected chi connectivity index (χ0v) is 17.0. The third-order valence-corrected chi connectivity index (χ3v) is 5.93. The minimum Gasteiger partial charge on any atom is -0.494 e. The smallest absolute Gasteiger partial charge is 0.243 e. The second kappa shape index (κ2) is 9.48. The van der Waals surface area contributed by atoms with Gasteiger partial charge in [-0.2, -0.15) is 4.31 Å². The average Bonchev–Trinajstić information content (AvgIpc) is 2.67. The molecule has 7 nitrogen and oxygen atoms in total. The van der Waals surface area contributed by atoms with Crippen LogP contribution in [0.15, 0.2) is 53.4 Å². The predicted octanol–water partition coefficient (Wildman–Crippen LogP) is 2.94. The van der Waals surface area contributed by atoms with Gasteiger partial charge in [-0.15, -0.1) is 0 Å². The van der Waals surface area contributed by atoms with E-state index in [4.69, 9.17) is 4.74 Å². The van der Waals surface area contributed by atoms with Gasteiger partial charge in [-0.3, -0.25) is 9.59 Å². The summed E-state index contributed by atoms with van der Waals surface area (Å²) in [6.45, 7) is 5.22. The van der Waals surface area contributed by atoms with Gasteiger partial charge >= 0.3 is 0 Å². The number of amides is 1. The number of hydrogen-bond acceptors (Lipinski definition) is 5. The fraction of sp³-hybridized carbons (Fsp3) is 0.300. The molecule has 0 bridgehead atoms. The summed E-state index contributed by atoms with van der Waals surface area (Å²) in [5, 5.41) is 2.63. The number of Topliss-reactive ketones (excluding diaryl/α,β-unsaturated/α-hetero) is 1. The first-order chi connectivity index (χ1) is 13.3. The number of nitrogens with one attached hydrogen (secondary N) is 1. The molecular formula is C20H24N2O5S. The van der Waals surface area contributed by atoms with Gasteiger partial charge in [-0.25, -0.2) is 8.42 Å². The van der Waals surface area contributed by atoms with Crippen LogP contribution in [-0.2, 0) is 14.8 Å². The van der Waals surface area contributed by atoms with E-state index < -0.39 is 15.9 Å². The number of sulfonamides is 1. The summed E-state index contributed by atoms with van der Waals surface area (Å²) in [5.74, 6) is -0.0333. The van der Waals surface area contributed by atoms with Crippen molar-refractivity contribution in [3.05, 3.63) is 54.1 Å². The molecule has 0 spiro atoms. The van der Waals surface area contributed by atoms with Crippen LogP contribution in [0.2, 0.25) is 0 Å². The number of rotatable bonds is 9. The monoisotopic (exact) mass is 404 g/mol. The van der Waals surface area contributed by atoms with Crippen molar-refractivity contribution >= 4 is 27.4 Å². The van der Waals surface area contributed by atoms with E-state index in [1.54, 1.807) is 43.3 Å². The Hall–Kier alpha value is -2.71. The van der Waals surface area contributed by atoms with E-state index in [1.165, 1.54) is 19.1 Å². The first-order valence-corrected chi connectivity index (χ1v) is 10.4. The van der Waals surface area contributed by atoms with Crippen molar-refractivity contribution < 1.29 is 22.7 Å².